The monoisotopic (exact) mass is 341 g/mol. The second-order valence-electron chi connectivity index (χ2n) is 7.97. The lowest BCUT2D eigenvalue weighted by Crippen LogP contribution is -2.45. The molecule has 136 valence electrons. The lowest BCUT2D eigenvalue weighted by Gasteiger charge is -2.38. The van der Waals surface area contributed by atoms with Gasteiger partial charge in [0, 0.05) is 43.6 Å². The molecule has 0 bridgehead atoms. The molecule has 2 aliphatic rings. The summed E-state index contributed by atoms with van der Waals surface area (Å²) in [5.41, 5.74) is 4.01. The van der Waals surface area contributed by atoms with Crippen molar-refractivity contribution in [1.29, 1.82) is 0 Å². The van der Waals surface area contributed by atoms with Crippen LogP contribution < -0.4 is 0 Å². The number of ether oxygens (including phenoxy) is 1. The number of likely N-dealkylation sites (N-methyl/N-ethyl adjacent to an activating group) is 1. The van der Waals surface area contributed by atoms with Crippen LogP contribution >= 0.6 is 0 Å². The number of aryl methyl sites for hydroxylation is 1. The van der Waals surface area contributed by atoms with Gasteiger partial charge in [0.25, 0.3) is 0 Å². The molecule has 3 heterocycles. The highest BCUT2D eigenvalue weighted by Gasteiger charge is 2.36. The molecular weight excluding hydrogens is 310 g/mol. The summed E-state index contributed by atoms with van der Waals surface area (Å²) < 4.78 is 8.87. The number of aromatic nitrogens is 1. The highest BCUT2D eigenvalue weighted by molar-refractivity contribution is 5.85. The smallest absolute Gasteiger partial charge is 0.106 e. The Morgan fingerprint density at radius 2 is 1.84 bits per heavy atom. The summed E-state index contributed by atoms with van der Waals surface area (Å²) in [5, 5.41) is 1.38. The molecule has 4 nitrogen and oxygen atoms in total. The predicted octanol–water partition coefficient (Wildman–Crippen LogP) is 3.22. The third-order valence-electron chi connectivity index (χ3n) is 6.18. The molecule has 0 aliphatic carbocycles. The second-order valence-corrected chi connectivity index (χ2v) is 7.97. The minimum Gasteiger partial charge on any atom is -0.367 e. The maximum atomic E-state index is 6.36. The van der Waals surface area contributed by atoms with Gasteiger partial charge in [-0.3, -0.25) is 0 Å². The van der Waals surface area contributed by atoms with E-state index in [4.69, 9.17) is 4.74 Å². The van der Waals surface area contributed by atoms with Crippen LogP contribution in [0.2, 0.25) is 0 Å². The first kappa shape index (κ1) is 17.1. The average Bonchev–Trinajstić information content (AvgIpc) is 2.91. The van der Waals surface area contributed by atoms with E-state index in [-0.39, 0.29) is 5.60 Å². The molecule has 1 aromatic heterocycles. The molecular formula is C21H31N3O. The zero-order valence-corrected chi connectivity index (χ0v) is 15.9. The average molecular weight is 341 g/mol. The number of rotatable bonds is 4. The number of para-hydroxylation sites is 1. The zero-order valence-electron chi connectivity index (χ0n) is 15.9. The van der Waals surface area contributed by atoms with Crippen molar-refractivity contribution in [2.75, 3.05) is 46.4 Å². The number of piperazine rings is 1. The first-order valence-electron chi connectivity index (χ1n) is 9.72. The molecule has 4 rings (SSSR count). The van der Waals surface area contributed by atoms with Gasteiger partial charge in [0.15, 0.2) is 0 Å². The fourth-order valence-corrected chi connectivity index (χ4v) is 4.72. The molecule has 0 spiro atoms. The molecule has 2 aliphatic heterocycles. The van der Waals surface area contributed by atoms with E-state index in [1.165, 1.54) is 61.3 Å². The van der Waals surface area contributed by atoms with Gasteiger partial charge >= 0.3 is 0 Å². The Bertz CT molecular complexity index is 745. The van der Waals surface area contributed by atoms with Crippen molar-refractivity contribution in [2.45, 2.75) is 38.8 Å². The van der Waals surface area contributed by atoms with E-state index >= 15 is 0 Å². The van der Waals surface area contributed by atoms with E-state index in [9.17, 15) is 0 Å². The summed E-state index contributed by atoms with van der Waals surface area (Å²) in [6.45, 7) is 12.3. The predicted molar refractivity (Wildman–Crippen MR) is 103 cm³/mol. The number of nitrogens with zero attached hydrogens (tertiary/aromatic N) is 3. The Balaban J connectivity index is 1.51. The van der Waals surface area contributed by atoms with E-state index < -0.39 is 0 Å². The van der Waals surface area contributed by atoms with Gasteiger partial charge in [-0.1, -0.05) is 18.2 Å². The van der Waals surface area contributed by atoms with E-state index in [2.05, 4.69) is 59.5 Å². The van der Waals surface area contributed by atoms with Crippen LogP contribution in [0.3, 0.4) is 0 Å². The van der Waals surface area contributed by atoms with Crippen LogP contribution in [0.25, 0.3) is 10.9 Å². The van der Waals surface area contributed by atoms with Crippen LogP contribution in [0.1, 0.15) is 31.0 Å². The Morgan fingerprint density at radius 1 is 1.08 bits per heavy atom. The minimum absolute atomic E-state index is 0.159. The van der Waals surface area contributed by atoms with Crippen molar-refractivity contribution in [3.63, 3.8) is 0 Å². The molecule has 0 radical (unpaired) electrons. The third kappa shape index (κ3) is 3.12. The number of fused-ring (bicyclic) bond motifs is 3. The maximum absolute atomic E-state index is 6.36. The molecule has 0 N–H and O–H groups in total. The van der Waals surface area contributed by atoms with Gasteiger partial charge in [0.1, 0.15) is 5.60 Å². The normalized spacial score (nSPS) is 25.4. The van der Waals surface area contributed by atoms with Crippen molar-refractivity contribution >= 4 is 10.9 Å². The second kappa shape index (κ2) is 6.75. The molecule has 0 saturated carbocycles. The van der Waals surface area contributed by atoms with Gasteiger partial charge < -0.3 is 19.1 Å². The minimum atomic E-state index is -0.159. The van der Waals surface area contributed by atoms with Crippen molar-refractivity contribution in [3.8, 4) is 0 Å². The molecule has 1 atom stereocenters. The molecule has 2 aromatic rings. The molecule has 1 fully saturated rings. The van der Waals surface area contributed by atoms with E-state index in [1.807, 2.05) is 0 Å². The van der Waals surface area contributed by atoms with Crippen LogP contribution in [0.5, 0.6) is 0 Å². The Labute approximate surface area is 151 Å². The number of hydrogen-bond donors (Lipinski definition) is 0. The molecule has 0 amide bonds. The molecule has 4 heteroatoms. The molecule has 1 aromatic carbocycles. The van der Waals surface area contributed by atoms with Crippen LogP contribution in [-0.2, 0) is 16.9 Å². The van der Waals surface area contributed by atoms with Gasteiger partial charge in [-0.05, 0) is 51.9 Å². The molecule has 1 unspecified atom stereocenters. The first-order chi connectivity index (χ1) is 12.1. The van der Waals surface area contributed by atoms with Crippen LogP contribution in [0.4, 0.5) is 0 Å². The fraction of sp³-hybridized carbons (Fsp3) is 0.619. The standard InChI is InChI=1S/C21H31N3O/c1-17-18-7-4-5-8-19(18)24-15-16-25-21(2,20(17)24)9-6-10-23-13-11-22(3)12-14-23/h4-5,7-8H,6,9-16H2,1-3H3. The summed E-state index contributed by atoms with van der Waals surface area (Å²) in [4.78, 5) is 5.03. The van der Waals surface area contributed by atoms with E-state index in [1.54, 1.807) is 0 Å². The number of benzene rings is 1. The molecule has 25 heavy (non-hydrogen) atoms. The highest BCUT2D eigenvalue weighted by atomic mass is 16.5. The van der Waals surface area contributed by atoms with E-state index in [0.717, 1.165) is 19.6 Å². The van der Waals surface area contributed by atoms with Gasteiger partial charge in [-0.15, -0.1) is 0 Å². The van der Waals surface area contributed by atoms with Crippen molar-refractivity contribution in [2.24, 2.45) is 0 Å². The first-order valence-corrected chi connectivity index (χ1v) is 9.72. The number of hydrogen-bond acceptors (Lipinski definition) is 3. The SMILES string of the molecule is Cc1c2n(c3ccccc13)CCOC2(C)CCCN1CCN(C)CC1. The van der Waals surface area contributed by atoms with Crippen molar-refractivity contribution < 1.29 is 4.74 Å². The summed E-state index contributed by atoms with van der Waals surface area (Å²) in [5.74, 6) is 0. The topological polar surface area (TPSA) is 20.6 Å². The van der Waals surface area contributed by atoms with Gasteiger partial charge in [-0.25, -0.2) is 0 Å². The Kier molecular flexibility index (Phi) is 4.61. The maximum Gasteiger partial charge on any atom is 0.106 e. The lowest BCUT2D eigenvalue weighted by molar-refractivity contribution is -0.0717. The zero-order chi connectivity index (χ0) is 17.4. The van der Waals surface area contributed by atoms with Crippen LogP contribution in [-0.4, -0.2) is 60.7 Å². The van der Waals surface area contributed by atoms with Crippen LogP contribution in [0, 0.1) is 6.92 Å². The highest BCUT2D eigenvalue weighted by Crippen LogP contribution is 2.40. The van der Waals surface area contributed by atoms with Gasteiger partial charge in [-0.2, -0.15) is 0 Å². The quantitative estimate of drug-likeness (QED) is 0.852. The van der Waals surface area contributed by atoms with Gasteiger partial charge in [0.2, 0.25) is 0 Å². The Morgan fingerprint density at radius 3 is 2.64 bits per heavy atom. The summed E-state index contributed by atoms with van der Waals surface area (Å²) in [7, 11) is 2.22. The van der Waals surface area contributed by atoms with Crippen LogP contribution in [0.15, 0.2) is 24.3 Å². The summed E-state index contributed by atoms with van der Waals surface area (Å²) >= 11 is 0. The van der Waals surface area contributed by atoms with Crippen molar-refractivity contribution in [3.05, 3.63) is 35.5 Å². The largest absolute Gasteiger partial charge is 0.367 e. The lowest BCUT2D eigenvalue weighted by atomic mass is 9.91. The van der Waals surface area contributed by atoms with Gasteiger partial charge in [0.05, 0.1) is 12.3 Å². The Hall–Kier alpha value is -1.36. The fourth-order valence-electron chi connectivity index (χ4n) is 4.72. The summed E-state index contributed by atoms with van der Waals surface area (Å²) in [6, 6.07) is 8.80. The molecule has 1 saturated heterocycles. The summed E-state index contributed by atoms with van der Waals surface area (Å²) in [6.07, 6.45) is 2.29. The van der Waals surface area contributed by atoms with E-state index in [0.29, 0.717) is 0 Å². The third-order valence-corrected chi connectivity index (χ3v) is 6.18. The van der Waals surface area contributed by atoms with Crippen molar-refractivity contribution in [1.82, 2.24) is 14.4 Å².